The van der Waals surface area contributed by atoms with E-state index in [0.717, 1.165) is 55.9 Å². The van der Waals surface area contributed by atoms with Crippen LogP contribution in [-0.2, 0) is 6.42 Å². The highest BCUT2D eigenvalue weighted by atomic mass is 127. The molecule has 1 aromatic heterocycles. The first-order valence-electron chi connectivity index (χ1n) is 8.33. The summed E-state index contributed by atoms with van der Waals surface area (Å²) in [7, 11) is 1.85. The Morgan fingerprint density at radius 3 is 2.79 bits per heavy atom. The molecule has 1 saturated heterocycles. The van der Waals surface area contributed by atoms with Crippen LogP contribution in [0.2, 0.25) is 0 Å². The van der Waals surface area contributed by atoms with Gasteiger partial charge in [0.25, 0.3) is 0 Å². The predicted octanol–water partition coefficient (Wildman–Crippen LogP) is 3.15. The number of rotatable bonds is 5. The van der Waals surface area contributed by atoms with Crippen LogP contribution in [0.4, 0.5) is 0 Å². The molecular weight excluding hydrogens is 437 g/mol. The van der Waals surface area contributed by atoms with Crippen LogP contribution in [0, 0.1) is 0 Å². The van der Waals surface area contributed by atoms with Crippen LogP contribution in [0.1, 0.15) is 51.7 Å². The van der Waals surface area contributed by atoms with Crippen molar-refractivity contribution < 1.29 is 4.52 Å². The highest BCUT2D eigenvalue weighted by Crippen LogP contribution is 2.29. The molecule has 1 aromatic rings. The molecule has 0 atom stereocenters. The van der Waals surface area contributed by atoms with Gasteiger partial charge in [0.15, 0.2) is 11.8 Å². The SMILES string of the molecule is CN=C(NCCCc1nc(C(C)C)no1)N1CCSC(C)(C)C1.I. The molecule has 0 spiro atoms. The van der Waals surface area contributed by atoms with Crippen molar-refractivity contribution in [3.63, 3.8) is 0 Å². The molecule has 0 saturated carbocycles. The van der Waals surface area contributed by atoms with Gasteiger partial charge in [-0.05, 0) is 20.3 Å². The highest BCUT2D eigenvalue weighted by Gasteiger charge is 2.28. The molecular formula is C16H30IN5OS. The van der Waals surface area contributed by atoms with E-state index < -0.39 is 0 Å². The maximum Gasteiger partial charge on any atom is 0.226 e. The van der Waals surface area contributed by atoms with Crippen molar-refractivity contribution in [3.05, 3.63) is 11.7 Å². The second-order valence-corrected chi connectivity index (χ2v) is 8.61. The zero-order valence-corrected chi connectivity index (χ0v) is 18.5. The molecule has 2 heterocycles. The zero-order valence-electron chi connectivity index (χ0n) is 15.3. The van der Waals surface area contributed by atoms with Crippen LogP contribution in [0.25, 0.3) is 0 Å². The normalized spacial score (nSPS) is 17.8. The zero-order chi connectivity index (χ0) is 16.9. The van der Waals surface area contributed by atoms with Gasteiger partial charge in [-0.1, -0.05) is 19.0 Å². The first-order chi connectivity index (χ1) is 10.9. The Morgan fingerprint density at radius 1 is 1.46 bits per heavy atom. The summed E-state index contributed by atoms with van der Waals surface area (Å²) < 4.78 is 5.56. The Hall–Kier alpha value is -0.510. The summed E-state index contributed by atoms with van der Waals surface area (Å²) in [5.41, 5.74) is 0. The topological polar surface area (TPSA) is 66.5 Å². The fourth-order valence-corrected chi connectivity index (χ4v) is 3.68. The lowest BCUT2D eigenvalue weighted by Crippen LogP contribution is -2.51. The van der Waals surface area contributed by atoms with E-state index in [4.69, 9.17) is 4.52 Å². The third-order valence-corrected chi connectivity index (χ3v) is 5.08. The van der Waals surface area contributed by atoms with Gasteiger partial charge in [-0.2, -0.15) is 16.7 Å². The summed E-state index contributed by atoms with van der Waals surface area (Å²) in [5, 5.41) is 7.45. The monoisotopic (exact) mass is 467 g/mol. The largest absolute Gasteiger partial charge is 0.356 e. The van der Waals surface area contributed by atoms with Gasteiger partial charge >= 0.3 is 0 Å². The van der Waals surface area contributed by atoms with Gasteiger partial charge in [-0.25, -0.2) is 0 Å². The molecule has 138 valence electrons. The van der Waals surface area contributed by atoms with Crippen LogP contribution < -0.4 is 5.32 Å². The van der Waals surface area contributed by atoms with Gasteiger partial charge in [0.05, 0.1) is 0 Å². The summed E-state index contributed by atoms with van der Waals surface area (Å²) in [6.07, 6.45) is 1.75. The maximum atomic E-state index is 5.27. The summed E-state index contributed by atoms with van der Waals surface area (Å²) in [6.45, 7) is 11.7. The lowest BCUT2D eigenvalue weighted by molar-refractivity contribution is 0.364. The minimum atomic E-state index is 0. The number of nitrogens with one attached hydrogen (secondary N) is 1. The molecule has 1 fully saturated rings. The molecule has 0 unspecified atom stereocenters. The molecule has 0 aromatic carbocycles. The number of guanidine groups is 1. The fraction of sp³-hybridized carbons (Fsp3) is 0.812. The van der Waals surface area contributed by atoms with E-state index in [0.29, 0.717) is 5.92 Å². The van der Waals surface area contributed by atoms with Crippen molar-refractivity contribution in [2.45, 2.75) is 51.2 Å². The summed E-state index contributed by atoms with van der Waals surface area (Å²) >= 11 is 2.03. The summed E-state index contributed by atoms with van der Waals surface area (Å²) in [5.74, 6) is 3.96. The van der Waals surface area contributed by atoms with E-state index in [1.165, 1.54) is 0 Å². The fourth-order valence-electron chi connectivity index (χ4n) is 2.57. The van der Waals surface area contributed by atoms with Crippen molar-refractivity contribution in [3.8, 4) is 0 Å². The van der Waals surface area contributed by atoms with Crippen LogP contribution in [0.3, 0.4) is 0 Å². The molecule has 0 aliphatic carbocycles. The molecule has 0 amide bonds. The van der Waals surface area contributed by atoms with Gasteiger partial charge in [-0.15, -0.1) is 24.0 Å². The van der Waals surface area contributed by atoms with E-state index >= 15 is 0 Å². The van der Waals surface area contributed by atoms with E-state index in [9.17, 15) is 0 Å². The smallest absolute Gasteiger partial charge is 0.226 e. The number of aromatic nitrogens is 2. The van der Waals surface area contributed by atoms with Gasteiger partial charge in [0, 0.05) is 49.5 Å². The number of hydrogen-bond donors (Lipinski definition) is 1. The lowest BCUT2D eigenvalue weighted by atomic mass is 10.2. The minimum Gasteiger partial charge on any atom is -0.356 e. The number of thioether (sulfide) groups is 1. The van der Waals surface area contributed by atoms with Gasteiger partial charge in [0.2, 0.25) is 5.89 Å². The van der Waals surface area contributed by atoms with Crippen molar-refractivity contribution >= 4 is 41.7 Å². The number of halogens is 1. The Bertz CT molecular complexity index is 532. The Balaban J connectivity index is 0.00000288. The number of nitrogens with zero attached hydrogens (tertiary/aromatic N) is 4. The van der Waals surface area contributed by atoms with Crippen LogP contribution in [-0.4, -0.2) is 58.2 Å². The lowest BCUT2D eigenvalue weighted by Gasteiger charge is -2.39. The van der Waals surface area contributed by atoms with Crippen molar-refractivity contribution in [1.29, 1.82) is 0 Å². The predicted molar refractivity (Wildman–Crippen MR) is 112 cm³/mol. The van der Waals surface area contributed by atoms with E-state index in [-0.39, 0.29) is 28.7 Å². The van der Waals surface area contributed by atoms with Crippen LogP contribution >= 0.6 is 35.7 Å². The molecule has 8 heteroatoms. The van der Waals surface area contributed by atoms with Gasteiger partial charge in [0.1, 0.15) is 0 Å². The van der Waals surface area contributed by atoms with E-state index in [1.54, 1.807) is 0 Å². The van der Waals surface area contributed by atoms with E-state index in [2.05, 4.69) is 53.0 Å². The third kappa shape index (κ3) is 6.42. The minimum absolute atomic E-state index is 0. The molecule has 1 N–H and O–H groups in total. The molecule has 0 radical (unpaired) electrons. The van der Waals surface area contributed by atoms with Crippen LogP contribution in [0.5, 0.6) is 0 Å². The molecule has 0 bridgehead atoms. The molecule has 2 rings (SSSR count). The molecule has 1 aliphatic heterocycles. The quantitative estimate of drug-likeness (QED) is 0.311. The van der Waals surface area contributed by atoms with Crippen molar-refractivity contribution in [1.82, 2.24) is 20.4 Å². The van der Waals surface area contributed by atoms with Gasteiger partial charge in [-0.3, -0.25) is 4.99 Å². The first-order valence-corrected chi connectivity index (χ1v) is 9.32. The van der Waals surface area contributed by atoms with E-state index in [1.807, 2.05) is 18.8 Å². The Kier molecular flexibility index (Phi) is 8.83. The van der Waals surface area contributed by atoms with Crippen molar-refractivity contribution in [2.75, 3.05) is 32.4 Å². The molecule has 1 aliphatic rings. The third-order valence-electron chi connectivity index (χ3n) is 3.79. The maximum absolute atomic E-state index is 5.27. The Labute approximate surface area is 166 Å². The molecule has 24 heavy (non-hydrogen) atoms. The average Bonchev–Trinajstić information content (AvgIpc) is 2.95. The average molecular weight is 467 g/mol. The number of hydrogen-bond acceptors (Lipinski definition) is 5. The second kappa shape index (κ2) is 9.84. The van der Waals surface area contributed by atoms with Crippen molar-refractivity contribution in [2.24, 2.45) is 4.99 Å². The Morgan fingerprint density at radius 2 is 2.21 bits per heavy atom. The van der Waals surface area contributed by atoms with Crippen LogP contribution in [0.15, 0.2) is 9.52 Å². The molecule has 6 nitrogen and oxygen atoms in total. The number of aliphatic imine (C=N–C) groups is 1. The highest BCUT2D eigenvalue weighted by molar-refractivity contribution is 14.0. The summed E-state index contributed by atoms with van der Waals surface area (Å²) in [4.78, 5) is 11.2. The second-order valence-electron chi connectivity index (χ2n) is 6.81. The first kappa shape index (κ1) is 21.5. The standard InChI is InChI=1S/C16H29N5OS.HI/c1-12(2)14-19-13(22-20-14)7-6-8-18-15(17-5)21-9-10-23-16(3,4)11-21;/h12H,6-11H2,1-5H3,(H,17,18);1H. The van der Waals surface area contributed by atoms with Gasteiger partial charge < -0.3 is 14.7 Å². The summed E-state index contributed by atoms with van der Waals surface area (Å²) in [6, 6.07) is 0. The number of aryl methyl sites for hydroxylation is 1.